The highest BCUT2D eigenvalue weighted by Gasteiger charge is 2.25. The summed E-state index contributed by atoms with van der Waals surface area (Å²) in [6.07, 6.45) is 0.767. The van der Waals surface area contributed by atoms with Crippen molar-refractivity contribution in [3.05, 3.63) is 64.7 Å². The molecule has 0 saturated heterocycles. The molecule has 0 aliphatic carbocycles. The molecule has 3 aromatic rings. The Morgan fingerprint density at radius 3 is 2.43 bits per heavy atom. The number of ether oxygens (including phenoxy) is 2. The lowest BCUT2D eigenvalue weighted by Crippen LogP contribution is -2.37. The molecule has 9 heteroatoms. The van der Waals surface area contributed by atoms with Gasteiger partial charge < -0.3 is 20.1 Å². The maximum atomic E-state index is 14.0. The van der Waals surface area contributed by atoms with Gasteiger partial charge in [-0.05, 0) is 64.8 Å². The average Bonchev–Trinajstić information content (AvgIpc) is 2.84. The highest BCUT2D eigenvalue weighted by atomic mass is 16.6. The van der Waals surface area contributed by atoms with Gasteiger partial charge in [0.1, 0.15) is 11.4 Å². The molecule has 0 spiro atoms. The van der Waals surface area contributed by atoms with Crippen LogP contribution in [-0.2, 0) is 14.3 Å². The van der Waals surface area contributed by atoms with Crippen LogP contribution in [0.3, 0.4) is 0 Å². The Morgan fingerprint density at radius 2 is 1.78 bits per heavy atom. The van der Waals surface area contributed by atoms with Gasteiger partial charge in [0.15, 0.2) is 0 Å². The highest BCUT2D eigenvalue weighted by Crippen LogP contribution is 2.25. The molecule has 2 N–H and O–H groups in total. The number of carbonyl (C=O) groups is 2. The normalized spacial score (nSPS) is 12.1. The van der Waals surface area contributed by atoms with Crippen LogP contribution in [0, 0.1) is 0 Å². The van der Waals surface area contributed by atoms with E-state index in [9.17, 15) is 14.4 Å². The van der Waals surface area contributed by atoms with Crippen LogP contribution in [0.2, 0.25) is 0 Å². The number of aromatic nitrogens is 2. The van der Waals surface area contributed by atoms with Crippen molar-refractivity contribution < 1.29 is 19.1 Å². The molecule has 0 saturated carbocycles. The fourth-order valence-corrected chi connectivity index (χ4v) is 3.94. The number of para-hydroxylation sites is 1. The van der Waals surface area contributed by atoms with Gasteiger partial charge in [0.05, 0.1) is 29.2 Å². The van der Waals surface area contributed by atoms with E-state index in [-0.39, 0.29) is 17.9 Å². The molecule has 37 heavy (non-hydrogen) atoms. The van der Waals surface area contributed by atoms with E-state index in [4.69, 9.17) is 14.5 Å². The Morgan fingerprint density at radius 1 is 1.05 bits per heavy atom. The smallest absolute Gasteiger partial charge is 0.408 e. The van der Waals surface area contributed by atoms with Crippen molar-refractivity contribution in [3.63, 3.8) is 0 Å². The summed E-state index contributed by atoms with van der Waals surface area (Å²) >= 11 is 0. The van der Waals surface area contributed by atoms with Crippen LogP contribution in [0.4, 0.5) is 10.5 Å². The van der Waals surface area contributed by atoms with Crippen molar-refractivity contribution in [2.75, 3.05) is 18.5 Å². The second-order valence-electron chi connectivity index (χ2n) is 9.59. The van der Waals surface area contributed by atoms with Crippen LogP contribution >= 0.6 is 0 Å². The molecule has 1 aromatic heterocycles. The van der Waals surface area contributed by atoms with Crippen molar-refractivity contribution in [1.29, 1.82) is 0 Å². The maximum absolute atomic E-state index is 14.0. The monoisotopic (exact) mass is 508 g/mol. The van der Waals surface area contributed by atoms with Crippen LogP contribution in [0.5, 0.6) is 0 Å². The maximum Gasteiger partial charge on any atom is 0.408 e. The van der Waals surface area contributed by atoms with Crippen molar-refractivity contribution in [2.45, 2.75) is 65.5 Å². The minimum Gasteiger partial charge on any atom is -0.466 e. The van der Waals surface area contributed by atoms with Crippen LogP contribution in [0.1, 0.15) is 65.7 Å². The number of hydrogen-bond donors (Lipinski definition) is 2. The van der Waals surface area contributed by atoms with Gasteiger partial charge in [-0.3, -0.25) is 14.2 Å². The molecule has 0 fully saturated rings. The molecule has 0 aliphatic heterocycles. The summed E-state index contributed by atoms with van der Waals surface area (Å²) in [6, 6.07) is 14.1. The summed E-state index contributed by atoms with van der Waals surface area (Å²) in [6.45, 7) is 9.91. The Kier molecular flexibility index (Phi) is 9.27. The summed E-state index contributed by atoms with van der Waals surface area (Å²) in [5, 5.41) is 6.58. The summed E-state index contributed by atoms with van der Waals surface area (Å²) in [5.74, 6) is 0.166. The zero-order valence-corrected chi connectivity index (χ0v) is 22.2. The highest BCUT2D eigenvalue weighted by molar-refractivity contribution is 5.91. The lowest BCUT2D eigenvalue weighted by atomic mass is 10.1. The zero-order chi connectivity index (χ0) is 27.0. The standard InChI is InChI=1S/C28H36N4O5/c1-6-20(31-27(35)37-28(3,4)5)25-30-22-16-11-15-21(29-18-12-17-23(33)36-7-2)24(22)26(34)32(25)19-13-9-8-10-14-19/h8-11,13-16,20,29H,6-7,12,17-18H2,1-5H3,(H,31,35)/t20-/m0/s1. The van der Waals surface area contributed by atoms with Crippen LogP contribution in [-0.4, -0.2) is 40.4 Å². The number of benzene rings is 2. The van der Waals surface area contributed by atoms with Crippen LogP contribution in [0.15, 0.2) is 53.3 Å². The molecular formula is C28H36N4O5. The third-order valence-corrected chi connectivity index (χ3v) is 5.53. The minimum absolute atomic E-state index is 0.247. The molecule has 0 unspecified atom stereocenters. The number of nitrogens with one attached hydrogen (secondary N) is 2. The molecule has 1 amide bonds. The number of esters is 1. The molecular weight excluding hydrogens is 472 g/mol. The molecule has 198 valence electrons. The van der Waals surface area contributed by atoms with E-state index in [0.29, 0.717) is 54.1 Å². The van der Waals surface area contributed by atoms with Crippen LogP contribution in [0.25, 0.3) is 16.6 Å². The Labute approximate surface area is 217 Å². The predicted octanol–water partition coefficient (Wildman–Crippen LogP) is 5.12. The van der Waals surface area contributed by atoms with Crippen molar-refractivity contribution in [1.82, 2.24) is 14.9 Å². The van der Waals surface area contributed by atoms with E-state index in [2.05, 4.69) is 10.6 Å². The first kappa shape index (κ1) is 27.7. The zero-order valence-electron chi connectivity index (χ0n) is 22.2. The van der Waals surface area contributed by atoms with Gasteiger partial charge in [0.25, 0.3) is 5.56 Å². The number of fused-ring (bicyclic) bond motifs is 1. The lowest BCUT2D eigenvalue weighted by molar-refractivity contribution is -0.143. The van der Waals surface area contributed by atoms with E-state index in [0.717, 1.165) is 0 Å². The lowest BCUT2D eigenvalue weighted by Gasteiger charge is -2.25. The summed E-state index contributed by atoms with van der Waals surface area (Å²) in [4.78, 5) is 43.1. The van der Waals surface area contributed by atoms with E-state index in [1.807, 2.05) is 49.4 Å². The third-order valence-electron chi connectivity index (χ3n) is 5.53. The van der Waals surface area contributed by atoms with Gasteiger partial charge in [-0.25, -0.2) is 9.78 Å². The molecule has 0 bridgehead atoms. The number of hydrogen-bond acceptors (Lipinski definition) is 7. The first-order chi connectivity index (χ1) is 17.6. The molecule has 1 heterocycles. The summed E-state index contributed by atoms with van der Waals surface area (Å²) < 4.78 is 12.0. The Bertz CT molecular complexity index is 1280. The summed E-state index contributed by atoms with van der Waals surface area (Å²) in [5.41, 5.74) is 0.851. The van der Waals surface area contributed by atoms with Crippen LogP contribution < -0.4 is 16.2 Å². The van der Waals surface area contributed by atoms with Crippen molar-refractivity contribution in [3.8, 4) is 5.69 Å². The van der Waals surface area contributed by atoms with Crippen molar-refractivity contribution in [2.24, 2.45) is 0 Å². The van der Waals surface area contributed by atoms with E-state index >= 15 is 0 Å². The molecule has 9 nitrogen and oxygen atoms in total. The van der Waals surface area contributed by atoms with Gasteiger partial charge in [-0.1, -0.05) is 31.2 Å². The SMILES string of the molecule is CCOC(=O)CCCNc1cccc2nc([C@H](CC)NC(=O)OC(C)(C)C)n(-c3ccccc3)c(=O)c12. The first-order valence-electron chi connectivity index (χ1n) is 12.6. The number of carbonyl (C=O) groups excluding carboxylic acids is 2. The van der Waals surface area contributed by atoms with E-state index in [1.165, 1.54) is 4.57 Å². The molecule has 2 aromatic carbocycles. The van der Waals surface area contributed by atoms with Crippen molar-refractivity contribution >= 4 is 28.7 Å². The fourth-order valence-electron chi connectivity index (χ4n) is 3.94. The fraction of sp³-hybridized carbons (Fsp3) is 0.429. The molecule has 3 rings (SSSR count). The van der Waals surface area contributed by atoms with Gasteiger partial charge in [0, 0.05) is 18.7 Å². The summed E-state index contributed by atoms with van der Waals surface area (Å²) in [7, 11) is 0. The number of amides is 1. The number of alkyl carbamates (subject to hydrolysis) is 1. The van der Waals surface area contributed by atoms with E-state index in [1.54, 1.807) is 33.8 Å². The molecule has 1 atom stereocenters. The predicted molar refractivity (Wildman–Crippen MR) is 144 cm³/mol. The number of nitrogens with zero attached hydrogens (tertiary/aromatic N) is 2. The van der Waals surface area contributed by atoms with Gasteiger partial charge >= 0.3 is 12.1 Å². The average molecular weight is 509 g/mol. The topological polar surface area (TPSA) is 112 Å². The molecule has 0 aliphatic rings. The third kappa shape index (κ3) is 7.31. The van der Waals surface area contributed by atoms with Gasteiger partial charge in [-0.15, -0.1) is 0 Å². The number of anilines is 1. The second-order valence-corrected chi connectivity index (χ2v) is 9.59. The van der Waals surface area contributed by atoms with E-state index < -0.39 is 17.7 Å². The minimum atomic E-state index is -0.661. The van der Waals surface area contributed by atoms with Gasteiger partial charge in [0.2, 0.25) is 0 Å². The Balaban J connectivity index is 2.04. The largest absolute Gasteiger partial charge is 0.466 e. The van der Waals surface area contributed by atoms with Gasteiger partial charge in [-0.2, -0.15) is 0 Å². The second kappa shape index (κ2) is 12.4. The number of rotatable bonds is 10. The molecule has 0 radical (unpaired) electrons. The Hall–Kier alpha value is -3.88. The first-order valence-corrected chi connectivity index (χ1v) is 12.6. The quantitative estimate of drug-likeness (QED) is 0.289.